The van der Waals surface area contributed by atoms with Crippen LogP contribution in [0.3, 0.4) is 0 Å². The van der Waals surface area contributed by atoms with E-state index in [4.69, 9.17) is 9.90 Å². The molecule has 0 saturated carbocycles. The minimum atomic E-state index is -5.08. The van der Waals surface area contributed by atoms with Crippen LogP contribution in [0.4, 0.5) is 13.2 Å². The quantitative estimate of drug-likeness (QED) is 0.654. The van der Waals surface area contributed by atoms with Crippen molar-refractivity contribution in [1.29, 1.82) is 0 Å². The first-order valence-electron chi connectivity index (χ1n) is 10.9. The fourth-order valence-electron chi connectivity index (χ4n) is 3.58. The molecule has 1 aromatic carbocycles. The van der Waals surface area contributed by atoms with Crippen molar-refractivity contribution in [2.45, 2.75) is 25.9 Å². The second-order valence-electron chi connectivity index (χ2n) is 8.08. The summed E-state index contributed by atoms with van der Waals surface area (Å²) in [5.74, 6) is -2.76. The summed E-state index contributed by atoms with van der Waals surface area (Å²) in [4.78, 5) is 40.6. The van der Waals surface area contributed by atoms with Crippen LogP contribution in [0.15, 0.2) is 24.3 Å². The van der Waals surface area contributed by atoms with Gasteiger partial charge in [0.15, 0.2) is 0 Å². The van der Waals surface area contributed by atoms with Gasteiger partial charge in [0.2, 0.25) is 5.91 Å². The van der Waals surface area contributed by atoms with Crippen molar-refractivity contribution in [1.82, 2.24) is 20.0 Å². The van der Waals surface area contributed by atoms with Crippen molar-refractivity contribution >= 4 is 17.8 Å². The number of nitrogens with one attached hydrogen (secondary N) is 1. The molecular weight excluding hydrogens is 441 g/mol. The van der Waals surface area contributed by atoms with Crippen LogP contribution in [0.5, 0.6) is 0 Å². The van der Waals surface area contributed by atoms with Gasteiger partial charge in [-0.1, -0.05) is 17.7 Å². The number of hydrogen-bond acceptors (Lipinski definition) is 5. The number of benzene rings is 1. The fourth-order valence-corrected chi connectivity index (χ4v) is 3.58. The summed E-state index contributed by atoms with van der Waals surface area (Å²) in [7, 11) is 0. The maximum Gasteiger partial charge on any atom is 0.490 e. The maximum absolute atomic E-state index is 13.0. The van der Waals surface area contributed by atoms with Gasteiger partial charge in [0.1, 0.15) is 6.54 Å². The Hall–Kier alpha value is -2.66. The minimum absolute atomic E-state index is 0.0484. The third-order valence-corrected chi connectivity index (χ3v) is 5.51. The zero-order valence-corrected chi connectivity index (χ0v) is 18.7. The smallest absolute Gasteiger partial charge is 0.475 e. The highest BCUT2D eigenvalue weighted by molar-refractivity contribution is 5.96. The van der Waals surface area contributed by atoms with Crippen LogP contribution in [0, 0.1) is 6.92 Å². The summed E-state index contributed by atoms with van der Waals surface area (Å²) >= 11 is 0. The molecule has 8 nitrogen and oxygen atoms in total. The average molecular weight is 473 g/mol. The zero-order chi connectivity index (χ0) is 24.4. The lowest BCUT2D eigenvalue weighted by Crippen LogP contribution is -2.51. The highest BCUT2D eigenvalue weighted by atomic mass is 19.4. The van der Waals surface area contributed by atoms with E-state index in [1.54, 1.807) is 4.90 Å². The van der Waals surface area contributed by atoms with E-state index in [9.17, 15) is 22.8 Å². The number of halogens is 3. The molecule has 2 aliphatic heterocycles. The molecule has 2 heterocycles. The number of carbonyl (C=O) groups is 3. The average Bonchev–Trinajstić information content (AvgIpc) is 3.30. The lowest BCUT2D eigenvalue weighted by molar-refractivity contribution is -0.192. The van der Waals surface area contributed by atoms with Gasteiger partial charge < -0.3 is 25.1 Å². The standard InChI is InChI=1S/C20H30N4O2.C2HF3O2/c1-17-4-6-18(7-5-17)20(26)24(15-14-22-10-2-3-11-22)16-19(25)23-12-8-21-9-13-23;3-2(4,5)1(6)7/h4-7,21H,2-3,8-16H2,1H3;(H,6,7). The van der Waals surface area contributed by atoms with Crippen molar-refractivity contribution in [2.75, 3.05) is 58.9 Å². The van der Waals surface area contributed by atoms with Gasteiger partial charge in [-0.25, -0.2) is 4.79 Å². The minimum Gasteiger partial charge on any atom is -0.475 e. The van der Waals surface area contributed by atoms with E-state index < -0.39 is 12.1 Å². The number of carboxylic acids is 1. The summed E-state index contributed by atoms with van der Waals surface area (Å²) in [6.45, 7) is 8.90. The van der Waals surface area contributed by atoms with Crippen LogP contribution in [0.2, 0.25) is 0 Å². The third-order valence-electron chi connectivity index (χ3n) is 5.51. The van der Waals surface area contributed by atoms with Crippen LogP contribution in [0.25, 0.3) is 0 Å². The molecule has 0 aromatic heterocycles. The molecular formula is C22H31F3N4O4. The van der Waals surface area contributed by atoms with E-state index in [-0.39, 0.29) is 18.4 Å². The number of rotatable bonds is 6. The van der Waals surface area contributed by atoms with Crippen LogP contribution >= 0.6 is 0 Å². The third kappa shape index (κ3) is 9.01. The molecule has 0 radical (unpaired) electrons. The number of aliphatic carboxylic acids is 1. The number of likely N-dealkylation sites (tertiary alicyclic amines) is 1. The highest BCUT2D eigenvalue weighted by Gasteiger charge is 2.38. The number of alkyl halides is 3. The van der Waals surface area contributed by atoms with Gasteiger partial charge >= 0.3 is 12.1 Å². The SMILES string of the molecule is Cc1ccc(C(=O)N(CCN2CCCC2)CC(=O)N2CCNCC2)cc1.O=C(O)C(F)(F)F. The first-order valence-corrected chi connectivity index (χ1v) is 10.9. The molecule has 2 aliphatic rings. The van der Waals surface area contributed by atoms with E-state index in [1.807, 2.05) is 36.1 Å². The van der Waals surface area contributed by atoms with Crippen LogP contribution < -0.4 is 5.32 Å². The van der Waals surface area contributed by atoms with Gasteiger partial charge in [-0.15, -0.1) is 0 Å². The van der Waals surface area contributed by atoms with E-state index >= 15 is 0 Å². The molecule has 1 aromatic rings. The predicted octanol–water partition coefficient (Wildman–Crippen LogP) is 1.60. The fraction of sp³-hybridized carbons (Fsp3) is 0.591. The monoisotopic (exact) mass is 472 g/mol. The van der Waals surface area contributed by atoms with E-state index in [2.05, 4.69) is 10.2 Å². The molecule has 2 fully saturated rings. The number of hydrogen-bond donors (Lipinski definition) is 2. The zero-order valence-electron chi connectivity index (χ0n) is 18.7. The number of carboxylic acid groups (broad SMARTS) is 1. The molecule has 184 valence electrons. The van der Waals surface area contributed by atoms with Crippen LogP contribution in [-0.4, -0.2) is 103 Å². The molecule has 0 unspecified atom stereocenters. The molecule has 33 heavy (non-hydrogen) atoms. The van der Waals surface area contributed by atoms with Gasteiger partial charge in [0, 0.05) is 44.8 Å². The van der Waals surface area contributed by atoms with Crippen molar-refractivity contribution < 1.29 is 32.7 Å². The Morgan fingerprint density at radius 2 is 1.58 bits per heavy atom. The summed E-state index contributed by atoms with van der Waals surface area (Å²) in [6, 6.07) is 7.61. The molecule has 2 amide bonds. The number of piperazine rings is 1. The Bertz CT molecular complexity index is 790. The summed E-state index contributed by atoms with van der Waals surface area (Å²) in [5, 5.41) is 10.4. The van der Waals surface area contributed by atoms with Gasteiger partial charge in [-0.2, -0.15) is 13.2 Å². The van der Waals surface area contributed by atoms with Crippen molar-refractivity contribution in [2.24, 2.45) is 0 Å². The molecule has 0 bridgehead atoms. The van der Waals surface area contributed by atoms with Crippen molar-refractivity contribution in [3.63, 3.8) is 0 Å². The summed E-state index contributed by atoms with van der Waals surface area (Å²) < 4.78 is 31.7. The second-order valence-corrected chi connectivity index (χ2v) is 8.08. The molecule has 0 spiro atoms. The van der Waals surface area contributed by atoms with Crippen LogP contribution in [0.1, 0.15) is 28.8 Å². The number of nitrogens with zero attached hydrogens (tertiary/aromatic N) is 3. The lowest BCUT2D eigenvalue weighted by atomic mass is 10.1. The summed E-state index contributed by atoms with van der Waals surface area (Å²) in [6.07, 6.45) is -2.63. The Kier molecular flexibility index (Phi) is 10.1. The molecule has 0 atom stereocenters. The first-order chi connectivity index (χ1) is 15.6. The van der Waals surface area contributed by atoms with Gasteiger partial charge in [0.05, 0.1) is 0 Å². The van der Waals surface area contributed by atoms with E-state index in [1.165, 1.54) is 12.8 Å². The van der Waals surface area contributed by atoms with Crippen molar-refractivity contribution in [3.8, 4) is 0 Å². The highest BCUT2D eigenvalue weighted by Crippen LogP contribution is 2.13. The van der Waals surface area contributed by atoms with E-state index in [0.717, 1.165) is 51.4 Å². The molecule has 3 rings (SSSR count). The number of aryl methyl sites for hydroxylation is 1. The first kappa shape index (κ1) is 26.6. The van der Waals surface area contributed by atoms with Crippen molar-refractivity contribution in [3.05, 3.63) is 35.4 Å². The van der Waals surface area contributed by atoms with Crippen LogP contribution in [-0.2, 0) is 9.59 Å². The number of amides is 2. The lowest BCUT2D eigenvalue weighted by Gasteiger charge is -2.31. The topological polar surface area (TPSA) is 93.2 Å². The van der Waals surface area contributed by atoms with Gasteiger partial charge in [-0.3, -0.25) is 9.59 Å². The molecule has 0 aliphatic carbocycles. The van der Waals surface area contributed by atoms with E-state index in [0.29, 0.717) is 12.1 Å². The number of carbonyl (C=O) groups excluding carboxylic acids is 2. The molecule has 11 heteroatoms. The Balaban J connectivity index is 0.000000479. The van der Waals surface area contributed by atoms with Gasteiger partial charge in [0.25, 0.3) is 5.91 Å². The molecule has 2 N–H and O–H groups in total. The molecule has 2 saturated heterocycles. The van der Waals surface area contributed by atoms with Gasteiger partial charge in [-0.05, 0) is 45.0 Å². The Morgan fingerprint density at radius 1 is 1.03 bits per heavy atom. The normalized spacial score (nSPS) is 16.7. The maximum atomic E-state index is 13.0. The second kappa shape index (κ2) is 12.5. The summed E-state index contributed by atoms with van der Waals surface area (Å²) in [5.41, 5.74) is 1.78. The Morgan fingerprint density at radius 3 is 2.09 bits per heavy atom. The Labute approximate surface area is 191 Å². The predicted molar refractivity (Wildman–Crippen MR) is 116 cm³/mol. The largest absolute Gasteiger partial charge is 0.490 e.